The van der Waals surface area contributed by atoms with Gasteiger partial charge in [-0.05, 0) is 101 Å². The number of halogens is 18. The fraction of sp³-hybridized carbons (Fsp3) is 0.109. The molecule has 0 fully saturated rings. The van der Waals surface area contributed by atoms with Crippen molar-refractivity contribution in [2.24, 2.45) is 0 Å². The SMILES string of the molecule is N#Cc1cc(-n2c3ccccc3c3ccc(-c4ccc(C(F)(F)F)cc4C(F)(F)F)cc32)c(-c2ccc(C(F)(F)F)cc2C(F)(F)F)cc1-n1c2ccccc2c2ccc(-c3ccc(C(F)(F)F)cc3C(F)(F)F)cc21. The van der Waals surface area contributed by atoms with Crippen molar-refractivity contribution in [2.75, 3.05) is 0 Å². The van der Waals surface area contributed by atoms with Gasteiger partial charge in [0.05, 0.1) is 72.4 Å². The molecule has 2 aromatic heterocycles. The number of fused-ring (bicyclic) bond motifs is 6. The van der Waals surface area contributed by atoms with Crippen molar-refractivity contribution < 1.29 is 79.0 Å². The van der Waals surface area contributed by atoms with Crippen LogP contribution in [0.25, 0.3) is 88.4 Å². The molecule has 76 heavy (non-hydrogen) atoms. The Bertz CT molecular complexity index is 4040. The van der Waals surface area contributed by atoms with Crippen LogP contribution in [0.4, 0.5) is 79.0 Å². The summed E-state index contributed by atoms with van der Waals surface area (Å²) in [5.74, 6) is 0. The molecule has 0 bridgehead atoms. The molecule has 0 saturated carbocycles. The Kier molecular flexibility index (Phi) is 11.6. The molecule has 21 heteroatoms. The number of aromatic nitrogens is 2. The monoisotopic (exact) mass is 1070 g/mol. The van der Waals surface area contributed by atoms with Gasteiger partial charge in [-0.3, -0.25) is 0 Å². The molecule has 386 valence electrons. The van der Waals surface area contributed by atoms with Crippen LogP contribution in [0, 0.1) is 11.3 Å². The molecule has 0 saturated heterocycles. The Morgan fingerprint density at radius 3 is 1.04 bits per heavy atom. The Hall–Kier alpha value is -8.41. The summed E-state index contributed by atoms with van der Waals surface area (Å²) in [5, 5.41) is 12.1. The fourth-order valence-electron chi connectivity index (χ4n) is 9.65. The van der Waals surface area contributed by atoms with Crippen LogP contribution < -0.4 is 0 Å². The summed E-state index contributed by atoms with van der Waals surface area (Å²) in [6, 6.07) is 25.8. The van der Waals surface area contributed by atoms with Gasteiger partial charge in [0.15, 0.2) is 0 Å². The first kappa shape index (κ1) is 51.1. The average Bonchev–Trinajstić information content (AvgIpc) is 3.91. The van der Waals surface area contributed by atoms with Crippen molar-refractivity contribution in [3.05, 3.63) is 191 Å². The van der Waals surface area contributed by atoms with Gasteiger partial charge in [-0.1, -0.05) is 78.9 Å². The topological polar surface area (TPSA) is 33.6 Å². The molecule has 2 heterocycles. The van der Waals surface area contributed by atoms with Crippen LogP contribution >= 0.6 is 0 Å². The van der Waals surface area contributed by atoms with E-state index in [2.05, 4.69) is 0 Å². The van der Waals surface area contributed by atoms with Crippen LogP contribution in [0.3, 0.4) is 0 Å². The summed E-state index contributed by atoms with van der Waals surface area (Å²) in [4.78, 5) is 0. The standard InChI is InChI=1S/C55H25F18N3/c56-50(57,58)30-11-16-33(41(22-30)53(65,66)67)27-9-14-38-36-5-1-3-7-44(36)75(47(38)19-27)46-25-40(35-18-13-32(52(62,63)64)24-43(35)55(71,72)73)49(21-29(46)26-74)76-45-8-4-2-6-37(45)39-15-10-28(20-48(39)76)34-17-12-31(51(59,60)61)23-42(34)54(68,69)70/h1-25H. The Morgan fingerprint density at radius 1 is 0.303 bits per heavy atom. The number of para-hydroxylation sites is 2. The lowest BCUT2D eigenvalue weighted by Crippen LogP contribution is -2.13. The number of nitrogens with zero attached hydrogens (tertiary/aromatic N) is 3. The minimum atomic E-state index is -5.56. The maximum Gasteiger partial charge on any atom is 0.417 e. The van der Waals surface area contributed by atoms with Crippen molar-refractivity contribution in [3.63, 3.8) is 0 Å². The minimum Gasteiger partial charge on any atom is -0.309 e. The summed E-state index contributed by atoms with van der Waals surface area (Å²) in [5.41, 5.74) is -14.9. The third-order valence-electron chi connectivity index (χ3n) is 12.9. The van der Waals surface area contributed by atoms with E-state index in [1.807, 2.05) is 6.07 Å². The third kappa shape index (κ3) is 8.77. The first-order valence-corrected chi connectivity index (χ1v) is 22.0. The molecular weight excluding hydrogens is 1040 g/mol. The molecular formula is C55H25F18N3. The normalized spacial score (nSPS) is 13.1. The van der Waals surface area contributed by atoms with Crippen molar-refractivity contribution in [3.8, 4) is 50.8 Å². The predicted octanol–water partition coefficient (Wildman–Crippen LogP) is 18.9. The van der Waals surface area contributed by atoms with Gasteiger partial charge in [-0.25, -0.2) is 0 Å². The largest absolute Gasteiger partial charge is 0.417 e. The van der Waals surface area contributed by atoms with E-state index in [9.17, 15) is 71.1 Å². The third-order valence-corrected chi connectivity index (χ3v) is 12.9. The van der Waals surface area contributed by atoms with Crippen LogP contribution in [-0.4, -0.2) is 9.13 Å². The molecule has 10 aromatic rings. The maximum absolute atomic E-state index is 15.4. The zero-order valence-corrected chi connectivity index (χ0v) is 37.6. The summed E-state index contributed by atoms with van der Waals surface area (Å²) < 4.78 is 261. The van der Waals surface area contributed by atoms with Crippen LogP contribution in [0.1, 0.15) is 38.9 Å². The highest BCUT2D eigenvalue weighted by Crippen LogP contribution is 2.49. The van der Waals surface area contributed by atoms with E-state index in [0.29, 0.717) is 47.2 Å². The number of hydrogen-bond acceptors (Lipinski definition) is 1. The predicted molar refractivity (Wildman–Crippen MR) is 246 cm³/mol. The van der Waals surface area contributed by atoms with Crippen LogP contribution in [-0.2, 0) is 37.1 Å². The molecule has 0 spiro atoms. The number of hydrogen-bond donors (Lipinski definition) is 0. The Labute approximate surface area is 414 Å². The van der Waals surface area contributed by atoms with E-state index in [0.717, 1.165) is 30.3 Å². The van der Waals surface area contributed by atoms with E-state index in [-0.39, 0.29) is 67.9 Å². The van der Waals surface area contributed by atoms with Crippen LogP contribution in [0.5, 0.6) is 0 Å². The van der Waals surface area contributed by atoms with E-state index in [1.54, 1.807) is 12.1 Å². The number of nitriles is 1. The number of alkyl halides is 18. The zero-order chi connectivity index (χ0) is 54.8. The molecule has 0 radical (unpaired) electrons. The van der Waals surface area contributed by atoms with Crippen LogP contribution in [0.2, 0.25) is 0 Å². The van der Waals surface area contributed by atoms with Crippen LogP contribution in [0.15, 0.2) is 152 Å². The lowest BCUT2D eigenvalue weighted by molar-refractivity contribution is -0.144. The summed E-state index contributed by atoms with van der Waals surface area (Å²) in [6.07, 6.45) is -32.0. The fourth-order valence-corrected chi connectivity index (χ4v) is 9.65. The number of rotatable bonds is 5. The van der Waals surface area contributed by atoms with E-state index >= 15 is 13.2 Å². The van der Waals surface area contributed by atoms with Gasteiger partial charge in [0.25, 0.3) is 0 Å². The number of benzene rings is 8. The summed E-state index contributed by atoms with van der Waals surface area (Å²) in [7, 11) is 0. The maximum atomic E-state index is 15.4. The molecule has 0 atom stereocenters. The van der Waals surface area contributed by atoms with Gasteiger partial charge >= 0.3 is 37.1 Å². The minimum absolute atomic E-state index is 0.0519. The van der Waals surface area contributed by atoms with Gasteiger partial charge in [-0.15, -0.1) is 0 Å². The van der Waals surface area contributed by atoms with Crippen molar-refractivity contribution in [1.82, 2.24) is 9.13 Å². The van der Waals surface area contributed by atoms with E-state index < -0.39 is 104 Å². The van der Waals surface area contributed by atoms with Crippen molar-refractivity contribution >= 4 is 43.6 Å². The van der Waals surface area contributed by atoms with Gasteiger partial charge in [0, 0.05) is 27.1 Å². The average molecular weight is 1070 g/mol. The zero-order valence-electron chi connectivity index (χ0n) is 37.6. The van der Waals surface area contributed by atoms with Crippen molar-refractivity contribution in [1.29, 1.82) is 5.26 Å². The summed E-state index contributed by atoms with van der Waals surface area (Å²) >= 11 is 0. The molecule has 0 aliphatic heterocycles. The lowest BCUT2D eigenvalue weighted by Gasteiger charge is -2.22. The Balaban J connectivity index is 1.33. The van der Waals surface area contributed by atoms with E-state index in [4.69, 9.17) is 0 Å². The molecule has 3 nitrogen and oxygen atoms in total. The molecule has 0 amide bonds. The molecule has 0 N–H and O–H groups in total. The first-order valence-electron chi connectivity index (χ1n) is 22.0. The van der Waals surface area contributed by atoms with Gasteiger partial charge in [0.1, 0.15) is 6.07 Å². The smallest absolute Gasteiger partial charge is 0.309 e. The second-order valence-electron chi connectivity index (χ2n) is 17.4. The second kappa shape index (κ2) is 17.3. The second-order valence-corrected chi connectivity index (χ2v) is 17.4. The van der Waals surface area contributed by atoms with Gasteiger partial charge in [0.2, 0.25) is 0 Å². The molecule has 8 aromatic carbocycles. The van der Waals surface area contributed by atoms with E-state index in [1.165, 1.54) is 63.7 Å². The Morgan fingerprint density at radius 2 is 0.658 bits per heavy atom. The summed E-state index contributed by atoms with van der Waals surface area (Å²) in [6.45, 7) is 0. The lowest BCUT2D eigenvalue weighted by atomic mass is 9.93. The van der Waals surface area contributed by atoms with Gasteiger partial charge in [-0.2, -0.15) is 84.3 Å². The molecule has 10 rings (SSSR count). The highest BCUT2D eigenvalue weighted by atomic mass is 19.4. The van der Waals surface area contributed by atoms with Gasteiger partial charge < -0.3 is 9.13 Å². The van der Waals surface area contributed by atoms with Crippen molar-refractivity contribution in [2.45, 2.75) is 37.1 Å². The molecule has 0 aliphatic rings. The highest BCUT2D eigenvalue weighted by molar-refractivity contribution is 6.12. The molecule has 0 unspecified atom stereocenters. The highest BCUT2D eigenvalue weighted by Gasteiger charge is 2.42. The molecule has 0 aliphatic carbocycles. The quantitative estimate of drug-likeness (QED) is 0.158. The first-order chi connectivity index (χ1) is 35.4.